The monoisotopic (exact) mass is 452 g/mol. The van der Waals surface area contributed by atoms with Crippen LogP contribution >= 0.6 is 47.0 Å². The van der Waals surface area contributed by atoms with Crippen LogP contribution in [0.4, 0.5) is 11.5 Å². The lowest BCUT2D eigenvalue weighted by Gasteiger charge is -2.09. The van der Waals surface area contributed by atoms with E-state index in [0.29, 0.717) is 38.1 Å². The molecule has 0 aliphatic carbocycles. The topological polar surface area (TPSA) is 59.0 Å². The van der Waals surface area contributed by atoms with Crippen molar-refractivity contribution in [1.29, 1.82) is 0 Å². The van der Waals surface area contributed by atoms with Crippen molar-refractivity contribution in [2.45, 2.75) is 13.5 Å². The standard InChI is InChI=1S/C19H15Cl3N4OS/c1-11(27)12-3-6-15(7-4-12)23-19(28)24-18-17(22)10-26(25-18)9-13-2-5-14(20)8-16(13)21/h2-8,10H,9H2,1H3,(H2,23,24,25,28). The molecule has 0 unspecified atom stereocenters. The van der Waals surface area contributed by atoms with E-state index in [-0.39, 0.29) is 5.78 Å². The van der Waals surface area contributed by atoms with Crippen LogP contribution in [0.25, 0.3) is 0 Å². The minimum absolute atomic E-state index is 0.00497. The molecular weight excluding hydrogens is 439 g/mol. The molecule has 0 spiro atoms. The third-order valence-corrected chi connectivity index (χ3v) is 4.91. The van der Waals surface area contributed by atoms with E-state index < -0.39 is 0 Å². The molecular formula is C19H15Cl3N4OS. The van der Waals surface area contributed by atoms with Gasteiger partial charge in [0.05, 0.1) is 6.54 Å². The van der Waals surface area contributed by atoms with Crippen LogP contribution in [-0.4, -0.2) is 20.7 Å². The Bertz CT molecular complexity index is 1030. The van der Waals surface area contributed by atoms with Crippen LogP contribution in [0.3, 0.4) is 0 Å². The average Bonchev–Trinajstić information content (AvgIpc) is 2.97. The lowest BCUT2D eigenvalue weighted by Crippen LogP contribution is -2.19. The number of hydrogen-bond donors (Lipinski definition) is 2. The summed E-state index contributed by atoms with van der Waals surface area (Å²) >= 11 is 23.7. The number of carbonyl (C=O) groups is 1. The van der Waals surface area contributed by atoms with Gasteiger partial charge in [-0.25, -0.2) is 0 Å². The maximum absolute atomic E-state index is 11.3. The van der Waals surface area contributed by atoms with Gasteiger partial charge in [0, 0.05) is 27.5 Å². The third-order valence-electron chi connectivity index (χ3n) is 3.85. The van der Waals surface area contributed by atoms with Gasteiger partial charge in [0.1, 0.15) is 5.02 Å². The second-order valence-electron chi connectivity index (χ2n) is 5.97. The lowest BCUT2D eigenvalue weighted by molar-refractivity contribution is 0.101. The Morgan fingerprint density at radius 3 is 2.43 bits per heavy atom. The molecule has 1 aromatic heterocycles. The highest BCUT2D eigenvalue weighted by atomic mass is 35.5. The van der Waals surface area contributed by atoms with E-state index in [4.69, 9.17) is 47.0 Å². The largest absolute Gasteiger partial charge is 0.332 e. The van der Waals surface area contributed by atoms with E-state index in [1.165, 1.54) is 6.92 Å². The summed E-state index contributed by atoms with van der Waals surface area (Å²) in [5.41, 5.74) is 2.24. The zero-order chi connectivity index (χ0) is 20.3. The minimum atomic E-state index is 0.00497. The van der Waals surface area contributed by atoms with Crippen molar-refractivity contribution in [3.63, 3.8) is 0 Å². The molecule has 9 heteroatoms. The molecule has 0 saturated carbocycles. The summed E-state index contributed by atoms with van der Waals surface area (Å²) in [7, 11) is 0. The number of thiocarbonyl (C=S) groups is 1. The Labute approximate surface area is 182 Å². The van der Waals surface area contributed by atoms with Crippen LogP contribution < -0.4 is 10.6 Å². The Balaban J connectivity index is 1.65. The van der Waals surface area contributed by atoms with Gasteiger partial charge in [-0.15, -0.1) is 0 Å². The van der Waals surface area contributed by atoms with E-state index in [1.807, 2.05) is 6.07 Å². The van der Waals surface area contributed by atoms with Gasteiger partial charge >= 0.3 is 0 Å². The lowest BCUT2D eigenvalue weighted by atomic mass is 10.1. The van der Waals surface area contributed by atoms with Crippen LogP contribution in [-0.2, 0) is 6.54 Å². The highest BCUT2D eigenvalue weighted by molar-refractivity contribution is 7.80. The predicted molar refractivity (Wildman–Crippen MR) is 119 cm³/mol. The number of carbonyl (C=O) groups excluding carboxylic acids is 1. The molecule has 1 heterocycles. The van der Waals surface area contributed by atoms with Crippen molar-refractivity contribution < 1.29 is 4.79 Å². The van der Waals surface area contributed by atoms with E-state index in [0.717, 1.165) is 11.3 Å². The summed E-state index contributed by atoms with van der Waals surface area (Å²) in [5.74, 6) is 0.426. The molecule has 0 amide bonds. The fourth-order valence-corrected chi connectivity index (χ4v) is 3.33. The number of nitrogens with zero attached hydrogens (tertiary/aromatic N) is 2. The molecule has 144 valence electrons. The van der Waals surface area contributed by atoms with Gasteiger partial charge in [-0.1, -0.05) is 40.9 Å². The number of benzene rings is 2. The number of halogens is 3. The zero-order valence-electron chi connectivity index (χ0n) is 14.7. The van der Waals surface area contributed by atoms with Crippen LogP contribution in [0.5, 0.6) is 0 Å². The SMILES string of the molecule is CC(=O)c1ccc(NC(=S)Nc2nn(Cc3ccc(Cl)cc3Cl)cc2Cl)cc1. The van der Waals surface area contributed by atoms with E-state index in [2.05, 4.69) is 15.7 Å². The van der Waals surface area contributed by atoms with Crippen LogP contribution in [0.15, 0.2) is 48.7 Å². The first-order valence-corrected chi connectivity index (χ1v) is 9.72. The number of hydrogen-bond acceptors (Lipinski definition) is 3. The van der Waals surface area contributed by atoms with Crippen molar-refractivity contribution in [2.24, 2.45) is 0 Å². The molecule has 0 saturated heterocycles. The molecule has 0 atom stereocenters. The number of nitrogens with one attached hydrogen (secondary N) is 2. The number of ketones is 1. The van der Waals surface area contributed by atoms with Gasteiger partial charge in [0.15, 0.2) is 16.7 Å². The average molecular weight is 454 g/mol. The molecule has 2 N–H and O–H groups in total. The highest BCUT2D eigenvalue weighted by Gasteiger charge is 2.11. The molecule has 0 aliphatic rings. The third kappa shape index (κ3) is 5.23. The second kappa shape index (κ2) is 8.92. The number of rotatable bonds is 5. The molecule has 0 aliphatic heterocycles. The molecule has 3 aromatic rings. The summed E-state index contributed by atoms with van der Waals surface area (Å²) in [6, 6.07) is 12.3. The van der Waals surface area contributed by atoms with Crippen LogP contribution in [0.2, 0.25) is 15.1 Å². The fourth-order valence-electron chi connectivity index (χ4n) is 2.45. The summed E-state index contributed by atoms with van der Waals surface area (Å²) in [6.45, 7) is 1.95. The smallest absolute Gasteiger partial charge is 0.176 e. The van der Waals surface area contributed by atoms with Crippen LogP contribution in [0, 0.1) is 0 Å². The van der Waals surface area contributed by atoms with Gasteiger partial charge in [-0.3, -0.25) is 9.48 Å². The highest BCUT2D eigenvalue weighted by Crippen LogP contribution is 2.24. The molecule has 0 radical (unpaired) electrons. The molecule has 0 fully saturated rings. The van der Waals surface area contributed by atoms with Crippen molar-refractivity contribution in [3.8, 4) is 0 Å². The van der Waals surface area contributed by atoms with Crippen molar-refractivity contribution in [3.05, 3.63) is 74.9 Å². The van der Waals surface area contributed by atoms with E-state index in [1.54, 1.807) is 47.3 Å². The first-order valence-electron chi connectivity index (χ1n) is 8.17. The fraction of sp³-hybridized carbons (Fsp3) is 0.105. The summed E-state index contributed by atoms with van der Waals surface area (Å²) in [6.07, 6.45) is 1.68. The second-order valence-corrected chi connectivity index (χ2v) is 7.63. The van der Waals surface area contributed by atoms with E-state index >= 15 is 0 Å². The predicted octanol–water partition coefficient (Wildman–Crippen LogP) is 5.90. The Hall–Kier alpha value is -2.12. The minimum Gasteiger partial charge on any atom is -0.332 e. The molecule has 5 nitrogen and oxygen atoms in total. The van der Waals surface area contributed by atoms with Crippen LogP contribution in [0.1, 0.15) is 22.8 Å². The van der Waals surface area contributed by atoms with Crippen molar-refractivity contribution >= 4 is 69.4 Å². The maximum atomic E-state index is 11.3. The molecule has 0 bridgehead atoms. The van der Waals surface area contributed by atoms with Crippen molar-refractivity contribution in [1.82, 2.24) is 9.78 Å². The Kier molecular flexibility index (Phi) is 6.57. The first kappa shape index (κ1) is 20.6. The Morgan fingerprint density at radius 2 is 1.79 bits per heavy atom. The van der Waals surface area contributed by atoms with E-state index in [9.17, 15) is 4.79 Å². The van der Waals surface area contributed by atoms with Gasteiger partial charge in [-0.2, -0.15) is 5.10 Å². The van der Waals surface area contributed by atoms with Gasteiger partial charge < -0.3 is 10.6 Å². The number of Topliss-reactive ketones (excluding diaryl/α,β-unsaturated/α-hetero) is 1. The quantitative estimate of drug-likeness (QED) is 0.372. The maximum Gasteiger partial charge on any atom is 0.176 e. The molecule has 3 rings (SSSR count). The van der Waals surface area contributed by atoms with Crippen molar-refractivity contribution in [2.75, 3.05) is 10.6 Å². The normalized spacial score (nSPS) is 10.6. The Morgan fingerprint density at radius 1 is 1.07 bits per heavy atom. The summed E-state index contributed by atoms with van der Waals surface area (Å²) < 4.78 is 1.66. The number of anilines is 2. The summed E-state index contributed by atoms with van der Waals surface area (Å²) in [4.78, 5) is 11.3. The van der Waals surface area contributed by atoms with Gasteiger partial charge in [0.2, 0.25) is 0 Å². The van der Waals surface area contributed by atoms with Gasteiger partial charge in [-0.05, 0) is 61.1 Å². The first-order chi connectivity index (χ1) is 13.3. The molecule has 2 aromatic carbocycles. The zero-order valence-corrected chi connectivity index (χ0v) is 17.8. The van der Waals surface area contributed by atoms with Gasteiger partial charge in [0.25, 0.3) is 0 Å². The number of aromatic nitrogens is 2. The summed E-state index contributed by atoms with van der Waals surface area (Å²) in [5, 5.41) is 12.3. The molecule has 28 heavy (non-hydrogen) atoms.